The number of aromatic nitrogens is 3. The van der Waals surface area contributed by atoms with Gasteiger partial charge < -0.3 is 13.7 Å². The van der Waals surface area contributed by atoms with Crippen LogP contribution in [0.2, 0.25) is 0 Å². The summed E-state index contributed by atoms with van der Waals surface area (Å²) in [5, 5.41) is 43.0. The Morgan fingerprint density at radius 3 is 0.951 bits per heavy atom. The largest absolute Gasteiger partial charge is 0.309 e. The van der Waals surface area contributed by atoms with E-state index in [2.05, 4.69) is 366 Å². The van der Waals surface area contributed by atoms with E-state index in [1.165, 1.54) is 74.9 Å². The van der Waals surface area contributed by atoms with Gasteiger partial charge in [0.2, 0.25) is 0 Å². The number of para-hydroxylation sites is 4. The zero-order valence-electron chi connectivity index (χ0n) is 55.3. The summed E-state index contributed by atoms with van der Waals surface area (Å²) < 4.78 is 7.10. The maximum atomic E-state index is 12.7. The molecule has 18 aromatic rings. The topological polar surface area (TPSA) is 62.4 Å². The zero-order valence-corrected chi connectivity index (χ0v) is 57.3. The lowest BCUT2D eigenvalue weighted by Crippen LogP contribution is -2.77. The number of nitrogens with zero attached hydrogens (tertiary/aromatic N) is 5. The van der Waals surface area contributed by atoms with E-state index in [4.69, 9.17) is 0 Å². The van der Waals surface area contributed by atoms with Crippen LogP contribution in [-0.4, -0.2) is 36.6 Å². The van der Waals surface area contributed by atoms with Crippen molar-refractivity contribution in [3.8, 4) is 29.2 Å². The summed E-state index contributed by atoms with van der Waals surface area (Å²) in [6.07, 6.45) is 0. The van der Waals surface area contributed by atoms with E-state index in [0.29, 0.717) is 16.8 Å². The average Bonchev–Trinajstić information content (AvgIpc) is 1.42. The minimum atomic E-state index is -2.94. The SMILES string of the molecule is N#Cc1c(-n2c3ccc(C4c5ccccc5[Si](c5ccccc5)(c5ccccc5)c5ccccc54)cc3c3cc(C4c5ccccc5[Si](c5ccccc5)(c5ccccc5)c5ccccc54)ccc32)c(C#N)c2c3c1-n1c4ccccc4c4cccc(c41)B3c1cccc3c4ccccc4n-2c13. The molecule has 0 bridgehead atoms. The highest BCUT2D eigenvalue weighted by molar-refractivity contribution is 7.21. The van der Waals surface area contributed by atoms with Crippen LogP contribution in [0.15, 0.2) is 340 Å². The van der Waals surface area contributed by atoms with Crippen molar-refractivity contribution in [2.45, 2.75) is 11.8 Å². The fraction of sp³-hybridized carbons (Fsp3) is 0.0213. The van der Waals surface area contributed by atoms with Crippen LogP contribution < -0.4 is 57.9 Å². The summed E-state index contributed by atoms with van der Waals surface area (Å²) in [7, 11) is -5.88. The lowest BCUT2D eigenvalue weighted by atomic mass is 9.34. The Bertz CT molecular complexity index is 6180. The van der Waals surface area contributed by atoms with Gasteiger partial charge in [0, 0.05) is 55.2 Å². The van der Waals surface area contributed by atoms with Crippen LogP contribution in [0.25, 0.3) is 82.5 Å². The number of fused-ring (bicyclic) bond motifs is 17. The molecule has 0 saturated carbocycles. The van der Waals surface area contributed by atoms with Crippen LogP contribution in [-0.2, 0) is 0 Å². The second-order valence-electron chi connectivity index (χ2n) is 28.1. The van der Waals surface area contributed by atoms with E-state index >= 15 is 0 Å². The van der Waals surface area contributed by atoms with Crippen molar-refractivity contribution < 1.29 is 0 Å². The third-order valence-corrected chi connectivity index (χ3v) is 33.6. The molecule has 4 aliphatic rings. The molecule has 0 saturated heterocycles. The predicted octanol–water partition coefficient (Wildman–Crippen LogP) is 13.6. The quantitative estimate of drug-likeness (QED) is 0.149. The highest BCUT2D eigenvalue weighted by Crippen LogP contribution is 2.48. The molecule has 3 aromatic heterocycles. The molecule has 0 amide bonds. The van der Waals surface area contributed by atoms with Crippen LogP contribution >= 0.6 is 0 Å². The van der Waals surface area contributed by atoms with Crippen LogP contribution in [0.3, 0.4) is 0 Å². The molecule has 5 nitrogen and oxygen atoms in total. The van der Waals surface area contributed by atoms with Gasteiger partial charge in [-0.15, -0.1) is 0 Å². The molecule has 0 radical (unpaired) electrons. The smallest absolute Gasteiger partial charge is 0.252 e. The summed E-state index contributed by atoms with van der Waals surface area (Å²) >= 11 is 0. The molecule has 0 fully saturated rings. The molecule has 0 aliphatic carbocycles. The highest BCUT2D eigenvalue weighted by Gasteiger charge is 2.52. The Balaban J connectivity index is 0.871. The number of benzene rings is 15. The predicted molar refractivity (Wildman–Crippen MR) is 426 cm³/mol. The van der Waals surface area contributed by atoms with Gasteiger partial charge in [-0.25, -0.2) is 0 Å². The van der Waals surface area contributed by atoms with Crippen molar-refractivity contribution >= 4 is 146 Å². The molecule has 470 valence electrons. The standard InChI is InChI=1S/C94H58BN5Si2/c96-57-75-90(76(58-97)94-89-93(75)99-79-45-19-13-35-65(79)67-41-25-43-77(91(67)99)95(89)78-44-26-42-68-66-36-14-20-46-80(66)100(94)92(68)78)98-81-53-51-59(87-69-37-15-21-47-83(69)101(61-27-5-1-6-28-61,62-29-7-2-8-30-62)84-48-22-16-38-70(84)87)55-73(81)74-56-60(52-54-82(74)98)88-71-39-17-23-49-85(71)102(63-31-9-3-10-32-63,64-33-11-4-12-34-64)86-50-24-18-40-72(86)88/h1-56,87-88H. The Morgan fingerprint density at radius 1 is 0.275 bits per heavy atom. The van der Waals surface area contributed by atoms with Crippen molar-refractivity contribution in [3.05, 3.63) is 384 Å². The summed E-state index contributed by atoms with van der Waals surface area (Å²) in [6, 6.07) is 133. The maximum absolute atomic E-state index is 12.7. The molecule has 22 rings (SSSR count). The Hall–Kier alpha value is -12.8. The zero-order chi connectivity index (χ0) is 67.1. The summed E-state index contributed by atoms with van der Waals surface area (Å²) in [5.74, 6) is -0.294. The Morgan fingerprint density at radius 2 is 0.588 bits per heavy atom. The van der Waals surface area contributed by atoms with E-state index in [9.17, 15) is 10.5 Å². The minimum absolute atomic E-state index is 0.147. The van der Waals surface area contributed by atoms with Crippen molar-refractivity contribution in [2.75, 3.05) is 0 Å². The van der Waals surface area contributed by atoms with Gasteiger partial charge in [-0.1, -0.05) is 303 Å². The second-order valence-corrected chi connectivity index (χ2v) is 35.6. The number of nitriles is 2. The van der Waals surface area contributed by atoms with Gasteiger partial charge in [0.05, 0.1) is 39.1 Å². The number of hydrogen-bond donors (Lipinski definition) is 0. The first-order valence-electron chi connectivity index (χ1n) is 35.4. The molecular weight excluding hydrogens is 1270 g/mol. The van der Waals surface area contributed by atoms with E-state index in [-0.39, 0.29) is 18.5 Å². The first-order valence-corrected chi connectivity index (χ1v) is 39.4. The van der Waals surface area contributed by atoms with Crippen molar-refractivity contribution in [2.24, 2.45) is 0 Å². The van der Waals surface area contributed by atoms with E-state index < -0.39 is 16.1 Å². The van der Waals surface area contributed by atoms with Crippen LogP contribution in [0, 0.1) is 22.7 Å². The normalized spacial score (nSPS) is 14.3. The fourth-order valence-electron chi connectivity index (χ4n) is 20.1. The molecule has 7 heterocycles. The van der Waals surface area contributed by atoms with E-state index in [1.54, 1.807) is 0 Å². The summed E-state index contributed by atoms with van der Waals surface area (Å²) in [4.78, 5) is 0. The van der Waals surface area contributed by atoms with Crippen LogP contribution in [0.4, 0.5) is 0 Å². The summed E-state index contributed by atoms with van der Waals surface area (Å²) in [6.45, 7) is -0.286. The highest BCUT2D eigenvalue weighted by atomic mass is 28.3. The van der Waals surface area contributed by atoms with E-state index in [0.717, 1.165) is 93.2 Å². The van der Waals surface area contributed by atoms with Crippen LogP contribution in [0.5, 0.6) is 0 Å². The summed E-state index contributed by atoms with van der Waals surface area (Å²) in [5.41, 5.74) is 20.0. The van der Waals surface area contributed by atoms with Crippen molar-refractivity contribution in [3.63, 3.8) is 0 Å². The first-order chi connectivity index (χ1) is 50.6. The Labute approximate surface area is 591 Å². The molecular formula is C94H58BN5Si2. The monoisotopic (exact) mass is 1320 g/mol. The maximum Gasteiger partial charge on any atom is 0.252 e. The van der Waals surface area contributed by atoms with Gasteiger partial charge >= 0.3 is 0 Å². The van der Waals surface area contributed by atoms with Crippen molar-refractivity contribution in [1.82, 2.24) is 13.7 Å². The Kier molecular flexibility index (Phi) is 12.0. The van der Waals surface area contributed by atoms with Gasteiger partial charge in [0.1, 0.15) is 23.3 Å². The van der Waals surface area contributed by atoms with Gasteiger partial charge in [-0.3, -0.25) is 0 Å². The van der Waals surface area contributed by atoms with Gasteiger partial charge in [-0.05, 0) is 128 Å². The lowest BCUT2D eigenvalue weighted by molar-refractivity contribution is 0.987. The lowest BCUT2D eigenvalue weighted by Gasteiger charge is -2.43. The van der Waals surface area contributed by atoms with Gasteiger partial charge in [0.15, 0.2) is 16.1 Å². The molecule has 0 N–H and O–H groups in total. The third-order valence-electron chi connectivity index (χ3n) is 23.7. The molecule has 4 aliphatic heterocycles. The number of rotatable bonds is 7. The number of hydrogen-bond acceptors (Lipinski definition) is 2. The molecule has 0 unspecified atom stereocenters. The minimum Gasteiger partial charge on any atom is -0.309 e. The van der Waals surface area contributed by atoms with Gasteiger partial charge in [0.25, 0.3) is 6.71 Å². The van der Waals surface area contributed by atoms with Crippen LogP contribution in [0.1, 0.15) is 56.3 Å². The molecule has 8 heteroatoms. The molecule has 102 heavy (non-hydrogen) atoms. The fourth-order valence-corrected chi connectivity index (χ4v) is 30.6. The molecule has 0 atom stereocenters. The van der Waals surface area contributed by atoms with Gasteiger partial charge in [-0.2, -0.15) is 10.5 Å². The second kappa shape index (κ2) is 21.3. The molecule has 0 spiro atoms. The van der Waals surface area contributed by atoms with E-state index in [1.807, 2.05) is 0 Å². The first kappa shape index (κ1) is 57.1. The van der Waals surface area contributed by atoms with Crippen molar-refractivity contribution in [1.29, 1.82) is 10.5 Å². The average molecular weight is 1320 g/mol. The third kappa shape index (κ3) is 7.23. The molecule has 15 aromatic carbocycles.